The Balaban J connectivity index is 1.43. The van der Waals surface area contributed by atoms with Crippen LogP contribution in [0, 0.1) is 40.9 Å². The van der Waals surface area contributed by atoms with Crippen LogP contribution in [0.3, 0.4) is 0 Å². The van der Waals surface area contributed by atoms with Crippen molar-refractivity contribution in [1.29, 1.82) is 5.41 Å². The zero-order chi connectivity index (χ0) is 26.5. The highest BCUT2D eigenvalue weighted by Crippen LogP contribution is 2.45. The van der Waals surface area contributed by atoms with Crippen molar-refractivity contribution in [3.63, 3.8) is 0 Å². The van der Waals surface area contributed by atoms with E-state index < -0.39 is 6.17 Å². The molecule has 0 spiro atoms. The summed E-state index contributed by atoms with van der Waals surface area (Å²) < 4.78 is 29.3. The predicted octanol–water partition coefficient (Wildman–Crippen LogP) is 4.54. The van der Waals surface area contributed by atoms with Crippen LogP contribution in [0.15, 0.2) is 12.4 Å². The molecule has 7 nitrogen and oxygen atoms in total. The average Bonchev–Trinajstić information content (AvgIpc) is 3.25. The summed E-state index contributed by atoms with van der Waals surface area (Å²) in [4.78, 5) is 13.5. The van der Waals surface area contributed by atoms with E-state index in [0.29, 0.717) is 54.6 Å². The fourth-order valence-corrected chi connectivity index (χ4v) is 7.67. The molecule has 8 unspecified atom stereocenters. The third-order valence-electron chi connectivity index (χ3n) is 9.71. The summed E-state index contributed by atoms with van der Waals surface area (Å²) in [6, 6.07) is 0. The normalized spacial score (nSPS) is 36.8. The number of nitrogens with zero attached hydrogens (tertiary/aromatic N) is 2. The van der Waals surface area contributed by atoms with E-state index in [9.17, 15) is 9.18 Å². The number of ether oxygens (including phenoxy) is 2. The van der Waals surface area contributed by atoms with Gasteiger partial charge in [-0.2, -0.15) is 0 Å². The lowest BCUT2D eigenvalue weighted by Gasteiger charge is -2.43. The molecule has 3 saturated carbocycles. The van der Waals surface area contributed by atoms with E-state index in [0.717, 1.165) is 58.0 Å². The van der Waals surface area contributed by atoms with E-state index in [-0.39, 0.29) is 24.0 Å². The number of aromatic nitrogens is 2. The Bertz CT molecular complexity index is 920. The second-order valence-corrected chi connectivity index (χ2v) is 12.2. The first-order valence-electron chi connectivity index (χ1n) is 14.6. The van der Waals surface area contributed by atoms with Crippen LogP contribution in [0.2, 0.25) is 0 Å². The van der Waals surface area contributed by atoms with Crippen LogP contribution in [0.4, 0.5) is 4.39 Å². The zero-order valence-electron chi connectivity index (χ0n) is 23.3. The van der Waals surface area contributed by atoms with Crippen molar-refractivity contribution in [2.24, 2.45) is 35.5 Å². The number of hydrogen-bond acceptors (Lipinski definition) is 4. The Labute approximate surface area is 222 Å². The maximum absolute atomic E-state index is 14.1. The summed E-state index contributed by atoms with van der Waals surface area (Å²) in [7, 11) is 3.51. The summed E-state index contributed by atoms with van der Waals surface area (Å²) in [5.74, 6) is 2.12. The molecule has 37 heavy (non-hydrogen) atoms. The highest BCUT2D eigenvalue weighted by atomic mass is 19.1. The molecule has 3 fully saturated rings. The topological polar surface area (TPSA) is 81.3 Å². The van der Waals surface area contributed by atoms with E-state index in [1.807, 2.05) is 21.5 Å². The number of aryl methyl sites for hydroxylation is 1. The molecule has 1 aromatic heterocycles. The number of hydrogen-bond donors (Lipinski definition) is 2. The number of halogens is 1. The first-order valence-corrected chi connectivity index (χ1v) is 14.6. The number of carbonyl (C=O) groups is 1. The van der Waals surface area contributed by atoms with Gasteiger partial charge in [0.05, 0.1) is 12.2 Å². The van der Waals surface area contributed by atoms with E-state index in [1.165, 1.54) is 0 Å². The van der Waals surface area contributed by atoms with Crippen molar-refractivity contribution < 1.29 is 18.7 Å². The fraction of sp³-hybridized carbons (Fsp3) is 0.862. The molecule has 0 aromatic carbocycles. The molecular weight excluding hydrogens is 471 g/mol. The highest BCUT2D eigenvalue weighted by molar-refractivity contribution is 5.78. The van der Waals surface area contributed by atoms with Crippen LogP contribution in [0.25, 0.3) is 0 Å². The maximum Gasteiger partial charge on any atom is 0.223 e. The molecule has 3 aliphatic rings. The first-order chi connectivity index (χ1) is 17.8. The molecule has 1 aromatic rings. The summed E-state index contributed by atoms with van der Waals surface area (Å²) in [6.45, 7) is 6.47. The van der Waals surface area contributed by atoms with Crippen molar-refractivity contribution in [2.45, 2.75) is 103 Å². The molecule has 0 saturated heterocycles. The van der Waals surface area contributed by atoms with Gasteiger partial charge in [0, 0.05) is 52.2 Å². The van der Waals surface area contributed by atoms with Gasteiger partial charge in [-0.1, -0.05) is 6.92 Å². The molecule has 8 heteroatoms. The second-order valence-electron chi connectivity index (χ2n) is 12.2. The first kappa shape index (κ1) is 28.3. The van der Waals surface area contributed by atoms with Gasteiger partial charge in [-0.3, -0.25) is 10.2 Å². The Kier molecular flexibility index (Phi) is 9.90. The summed E-state index contributed by atoms with van der Waals surface area (Å²) in [5.41, 5.74) is 0.523. The number of imidazole rings is 1. The molecule has 8 atom stereocenters. The van der Waals surface area contributed by atoms with E-state index in [4.69, 9.17) is 14.9 Å². The van der Waals surface area contributed by atoms with Crippen LogP contribution < -0.4 is 10.9 Å². The second kappa shape index (κ2) is 12.9. The zero-order valence-corrected chi connectivity index (χ0v) is 23.3. The SMILES string of the molecule is CCn1ccn(CC2CC(C(=O)NCC3CC(OC)CC(OC)C3)CC(C3CCC(F)CC3C)C2)c1=N. The lowest BCUT2D eigenvalue weighted by atomic mass is 9.63. The van der Waals surface area contributed by atoms with Gasteiger partial charge in [0.2, 0.25) is 11.5 Å². The van der Waals surface area contributed by atoms with Gasteiger partial charge < -0.3 is 23.9 Å². The summed E-state index contributed by atoms with van der Waals surface area (Å²) in [5, 5.41) is 11.8. The molecule has 0 radical (unpaired) electrons. The molecule has 2 N–H and O–H groups in total. The largest absolute Gasteiger partial charge is 0.381 e. The molecular formula is C29H49FN4O3. The number of amides is 1. The number of alkyl halides is 1. The van der Waals surface area contributed by atoms with Crippen molar-refractivity contribution in [3.05, 3.63) is 18.0 Å². The van der Waals surface area contributed by atoms with Crippen LogP contribution in [-0.4, -0.2) is 54.2 Å². The van der Waals surface area contributed by atoms with Gasteiger partial charge in [0.15, 0.2) is 0 Å². The van der Waals surface area contributed by atoms with Crippen LogP contribution in [0.5, 0.6) is 0 Å². The molecule has 0 aliphatic heterocycles. The van der Waals surface area contributed by atoms with Crippen LogP contribution >= 0.6 is 0 Å². The molecule has 1 heterocycles. The number of rotatable bonds is 9. The van der Waals surface area contributed by atoms with Gasteiger partial charge >= 0.3 is 0 Å². The standard InChI is InChI=1S/C29H49FN4O3/c1-5-33-8-9-34(29(33)31)18-21-11-22(27-7-6-24(30)10-19(27)2)15-23(12-21)28(35)32-17-20-13-25(36-3)16-26(14-20)37-4/h8-9,19-27,31H,5-7,10-18H2,1-4H3,(H,32,35). The van der Waals surface area contributed by atoms with Gasteiger partial charge in [-0.25, -0.2) is 4.39 Å². The Morgan fingerprint density at radius 3 is 2.32 bits per heavy atom. The minimum atomic E-state index is -0.678. The molecule has 0 bridgehead atoms. The number of nitrogens with one attached hydrogen (secondary N) is 2. The minimum absolute atomic E-state index is 0.0258. The van der Waals surface area contributed by atoms with Gasteiger partial charge in [0.25, 0.3) is 0 Å². The van der Waals surface area contributed by atoms with Crippen LogP contribution in [0.1, 0.15) is 71.6 Å². The number of carbonyl (C=O) groups excluding carboxylic acids is 1. The summed E-state index contributed by atoms with van der Waals surface area (Å²) >= 11 is 0. The third kappa shape index (κ3) is 7.05. The van der Waals surface area contributed by atoms with Crippen molar-refractivity contribution >= 4 is 5.91 Å². The fourth-order valence-electron chi connectivity index (χ4n) is 7.67. The van der Waals surface area contributed by atoms with Gasteiger partial charge in [-0.15, -0.1) is 0 Å². The van der Waals surface area contributed by atoms with Crippen molar-refractivity contribution in [2.75, 3.05) is 20.8 Å². The molecule has 3 aliphatic carbocycles. The molecule has 1 amide bonds. The molecule has 4 rings (SSSR count). The Morgan fingerprint density at radius 2 is 1.70 bits per heavy atom. The van der Waals surface area contributed by atoms with E-state index in [2.05, 4.69) is 19.2 Å². The lowest BCUT2D eigenvalue weighted by molar-refractivity contribution is -0.128. The maximum atomic E-state index is 14.1. The van der Waals surface area contributed by atoms with Gasteiger partial charge in [0.1, 0.15) is 6.17 Å². The van der Waals surface area contributed by atoms with Gasteiger partial charge in [-0.05, 0) is 94.3 Å². The lowest BCUT2D eigenvalue weighted by Crippen LogP contribution is -2.44. The van der Waals surface area contributed by atoms with Crippen molar-refractivity contribution in [3.8, 4) is 0 Å². The predicted molar refractivity (Wildman–Crippen MR) is 142 cm³/mol. The molecule has 210 valence electrons. The monoisotopic (exact) mass is 520 g/mol. The smallest absolute Gasteiger partial charge is 0.223 e. The Hall–Kier alpha value is -1.67. The van der Waals surface area contributed by atoms with Crippen molar-refractivity contribution in [1.82, 2.24) is 14.5 Å². The summed E-state index contributed by atoms with van der Waals surface area (Å²) in [6.07, 6.45) is 11.5. The van der Waals surface area contributed by atoms with E-state index >= 15 is 0 Å². The third-order valence-corrected chi connectivity index (χ3v) is 9.71. The average molecular weight is 521 g/mol. The minimum Gasteiger partial charge on any atom is -0.381 e. The van der Waals surface area contributed by atoms with E-state index in [1.54, 1.807) is 14.2 Å². The Morgan fingerprint density at radius 1 is 1.00 bits per heavy atom. The number of methoxy groups -OCH3 is 2. The quantitative estimate of drug-likeness (QED) is 0.502. The van der Waals surface area contributed by atoms with Crippen LogP contribution in [-0.2, 0) is 27.4 Å². The highest BCUT2D eigenvalue weighted by Gasteiger charge is 2.40.